The van der Waals surface area contributed by atoms with Crippen LogP contribution in [0.1, 0.15) is 0 Å². The van der Waals surface area contributed by atoms with Crippen molar-refractivity contribution in [3.05, 3.63) is 138 Å². The lowest BCUT2D eigenvalue weighted by Crippen LogP contribution is -2.15. The minimum Gasteiger partial charge on any atom is -0.278 e. The molecule has 0 radical (unpaired) electrons. The van der Waals surface area contributed by atoms with E-state index in [0.717, 1.165) is 27.8 Å². The highest BCUT2D eigenvalue weighted by molar-refractivity contribution is 5.87. The molecule has 2 aromatic heterocycles. The molecule has 0 spiro atoms. The quantitative estimate of drug-likeness (QED) is 0.280. The molecule has 0 aliphatic carbocycles. The van der Waals surface area contributed by atoms with Crippen molar-refractivity contribution < 1.29 is 0 Å². The first-order valence-corrected chi connectivity index (χ1v) is 12.0. The van der Waals surface area contributed by atoms with Crippen LogP contribution in [0.25, 0.3) is 55.7 Å². The van der Waals surface area contributed by atoms with E-state index in [1.54, 1.807) is 4.40 Å². The number of hydrogen-bond donors (Lipinski definition) is 0. The lowest BCUT2D eigenvalue weighted by molar-refractivity contribution is 1.05. The standard InChI is InChI=1S/C32H21N3O/c36-31-27-10-4-5-11-28(27)33-32-34(29-12-6-7-13-30(29)35(31)32)26-20-18-25(19-21-26)24-16-14-23(15-17-24)22-8-2-1-3-9-22/h1-21H. The fourth-order valence-electron chi connectivity index (χ4n) is 4.98. The largest absolute Gasteiger partial charge is 0.278 e. The van der Waals surface area contributed by atoms with Crippen molar-refractivity contribution in [3.8, 4) is 27.9 Å². The van der Waals surface area contributed by atoms with Gasteiger partial charge in [-0.25, -0.2) is 9.38 Å². The predicted molar refractivity (Wildman–Crippen MR) is 147 cm³/mol. The summed E-state index contributed by atoms with van der Waals surface area (Å²) in [4.78, 5) is 18.3. The molecule has 0 N–H and O–H groups in total. The normalized spacial score (nSPS) is 11.4. The lowest BCUT2D eigenvalue weighted by atomic mass is 10.0. The molecule has 5 aromatic carbocycles. The highest BCUT2D eigenvalue weighted by Gasteiger charge is 2.16. The number of fused-ring (bicyclic) bond motifs is 4. The molecule has 0 fully saturated rings. The van der Waals surface area contributed by atoms with E-state index in [0.29, 0.717) is 16.7 Å². The van der Waals surface area contributed by atoms with Crippen molar-refractivity contribution in [1.29, 1.82) is 0 Å². The first-order chi connectivity index (χ1) is 17.8. The third-order valence-corrected chi connectivity index (χ3v) is 6.77. The van der Waals surface area contributed by atoms with E-state index in [9.17, 15) is 4.79 Å². The van der Waals surface area contributed by atoms with Crippen LogP contribution >= 0.6 is 0 Å². The first-order valence-electron chi connectivity index (χ1n) is 12.0. The molecular weight excluding hydrogens is 442 g/mol. The Balaban J connectivity index is 1.36. The number of aromatic nitrogens is 3. The monoisotopic (exact) mass is 463 g/mol. The van der Waals surface area contributed by atoms with Crippen molar-refractivity contribution >= 4 is 27.7 Å². The summed E-state index contributed by atoms with van der Waals surface area (Å²) in [5.41, 5.74) is 8.08. The Kier molecular flexibility index (Phi) is 4.57. The van der Waals surface area contributed by atoms with Gasteiger partial charge < -0.3 is 0 Å². The Morgan fingerprint density at radius 1 is 0.500 bits per heavy atom. The molecule has 4 nitrogen and oxygen atoms in total. The first kappa shape index (κ1) is 20.4. The maximum absolute atomic E-state index is 13.4. The molecule has 0 aliphatic heterocycles. The molecule has 4 heteroatoms. The van der Waals surface area contributed by atoms with Gasteiger partial charge in [0.05, 0.1) is 21.9 Å². The Morgan fingerprint density at radius 3 is 1.72 bits per heavy atom. The zero-order valence-electron chi connectivity index (χ0n) is 19.4. The van der Waals surface area contributed by atoms with Crippen molar-refractivity contribution in [1.82, 2.24) is 14.0 Å². The molecule has 0 aliphatic rings. The second kappa shape index (κ2) is 8.07. The summed E-state index contributed by atoms with van der Waals surface area (Å²) in [5, 5.41) is 0.618. The van der Waals surface area contributed by atoms with Crippen LogP contribution in [0.2, 0.25) is 0 Å². The Morgan fingerprint density at radius 2 is 1.03 bits per heavy atom. The second-order valence-corrected chi connectivity index (χ2v) is 8.88. The van der Waals surface area contributed by atoms with E-state index in [1.165, 1.54) is 11.1 Å². The number of hydrogen-bond acceptors (Lipinski definition) is 2. The molecule has 0 saturated heterocycles. The second-order valence-electron chi connectivity index (χ2n) is 8.88. The number of nitrogens with zero attached hydrogens (tertiary/aromatic N) is 3. The van der Waals surface area contributed by atoms with E-state index in [4.69, 9.17) is 4.98 Å². The summed E-state index contributed by atoms with van der Waals surface area (Å²) in [7, 11) is 0. The van der Waals surface area contributed by atoms with Gasteiger partial charge in [-0.15, -0.1) is 0 Å². The average molecular weight is 464 g/mol. The van der Waals surface area contributed by atoms with Gasteiger partial charge >= 0.3 is 0 Å². The summed E-state index contributed by atoms with van der Waals surface area (Å²) in [6.45, 7) is 0. The molecule has 7 rings (SSSR count). The summed E-state index contributed by atoms with van der Waals surface area (Å²) < 4.78 is 3.78. The van der Waals surface area contributed by atoms with Crippen molar-refractivity contribution in [2.24, 2.45) is 0 Å². The smallest absolute Gasteiger partial charge is 0.267 e. The maximum atomic E-state index is 13.4. The zero-order valence-corrected chi connectivity index (χ0v) is 19.4. The van der Waals surface area contributed by atoms with E-state index >= 15 is 0 Å². The van der Waals surface area contributed by atoms with Crippen molar-refractivity contribution in [2.75, 3.05) is 0 Å². The van der Waals surface area contributed by atoms with E-state index < -0.39 is 0 Å². The highest BCUT2D eigenvalue weighted by Crippen LogP contribution is 2.28. The van der Waals surface area contributed by atoms with Crippen LogP contribution < -0.4 is 5.56 Å². The van der Waals surface area contributed by atoms with Gasteiger partial charge in [-0.1, -0.05) is 91.0 Å². The van der Waals surface area contributed by atoms with Crippen LogP contribution in [0.3, 0.4) is 0 Å². The summed E-state index contributed by atoms with van der Waals surface area (Å²) >= 11 is 0. The lowest BCUT2D eigenvalue weighted by Gasteiger charge is -2.09. The maximum Gasteiger partial charge on any atom is 0.267 e. The summed E-state index contributed by atoms with van der Waals surface area (Å²) in [5.74, 6) is 0.611. The highest BCUT2D eigenvalue weighted by atomic mass is 16.1. The summed E-state index contributed by atoms with van der Waals surface area (Å²) in [6, 6.07) is 42.9. The third-order valence-electron chi connectivity index (χ3n) is 6.77. The molecule has 0 unspecified atom stereocenters. The van der Waals surface area contributed by atoms with Crippen LogP contribution in [0.4, 0.5) is 0 Å². The minimum atomic E-state index is -0.0549. The van der Waals surface area contributed by atoms with Crippen LogP contribution in [0.5, 0.6) is 0 Å². The van der Waals surface area contributed by atoms with Gasteiger partial charge in [0.1, 0.15) is 0 Å². The number of rotatable bonds is 3. The van der Waals surface area contributed by atoms with Gasteiger partial charge in [0.25, 0.3) is 5.56 Å². The number of para-hydroxylation sites is 3. The van der Waals surface area contributed by atoms with Crippen LogP contribution in [0, 0.1) is 0 Å². The molecule has 0 amide bonds. The van der Waals surface area contributed by atoms with E-state index in [-0.39, 0.29) is 5.56 Å². The Hall–Kier alpha value is -4.96. The SMILES string of the molecule is O=c1c2ccccc2nc2n(-c3ccc(-c4ccc(-c5ccccc5)cc4)cc3)c3ccccc3n12. The molecule has 36 heavy (non-hydrogen) atoms. The minimum absolute atomic E-state index is 0.0549. The molecule has 0 saturated carbocycles. The van der Waals surface area contributed by atoms with Crippen LogP contribution in [0.15, 0.2) is 132 Å². The van der Waals surface area contributed by atoms with Gasteiger partial charge in [-0.2, -0.15) is 0 Å². The average Bonchev–Trinajstić information content (AvgIpc) is 3.28. The fourth-order valence-corrected chi connectivity index (χ4v) is 4.98. The predicted octanol–water partition coefficient (Wildman–Crippen LogP) is 7.13. The third kappa shape index (κ3) is 3.16. The van der Waals surface area contributed by atoms with E-state index in [2.05, 4.69) is 77.4 Å². The molecular formula is C32H21N3O. The summed E-state index contributed by atoms with van der Waals surface area (Å²) in [6.07, 6.45) is 0. The molecule has 7 aromatic rings. The van der Waals surface area contributed by atoms with Gasteiger partial charge in [0.15, 0.2) is 0 Å². The van der Waals surface area contributed by atoms with Crippen LogP contribution in [-0.4, -0.2) is 14.0 Å². The Bertz CT molecular complexity index is 1930. The van der Waals surface area contributed by atoms with Gasteiger partial charge in [-0.3, -0.25) is 9.36 Å². The molecule has 170 valence electrons. The van der Waals surface area contributed by atoms with Crippen molar-refractivity contribution in [2.45, 2.75) is 0 Å². The van der Waals surface area contributed by atoms with Gasteiger partial charge in [-0.05, 0) is 58.7 Å². The zero-order chi connectivity index (χ0) is 24.1. The Labute approximate surface area is 207 Å². The number of benzene rings is 5. The molecule has 2 heterocycles. The molecule has 0 bridgehead atoms. The van der Waals surface area contributed by atoms with Gasteiger partial charge in [0, 0.05) is 5.69 Å². The topological polar surface area (TPSA) is 39.3 Å². The molecule has 0 atom stereocenters. The van der Waals surface area contributed by atoms with E-state index in [1.807, 2.05) is 54.6 Å². The van der Waals surface area contributed by atoms with Gasteiger partial charge in [0.2, 0.25) is 5.78 Å². The fraction of sp³-hybridized carbons (Fsp3) is 0. The van der Waals surface area contributed by atoms with Crippen LogP contribution in [-0.2, 0) is 0 Å². The van der Waals surface area contributed by atoms with Crippen molar-refractivity contribution in [3.63, 3.8) is 0 Å². The number of imidazole rings is 1.